The maximum Gasteiger partial charge on any atom is 0.126 e. The van der Waals surface area contributed by atoms with Gasteiger partial charge in [0.1, 0.15) is 24.0 Å². The Morgan fingerprint density at radius 2 is 1.58 bits per heavy atom. The van der Waals surface area contributed by atoms with Crippen LogP contribution in [0.4, 0.5) is 8.78 Å². The predicted molar refractivity (Wildman–Crippen MR) is 101 cm³/mol. The number of ether oxygens (including phenoxy) is 1. The minimum absolute atomic E-state index is 0.163. The van der Waals surface area contributed by atoms with E-state index in [0.29, 0.717) is 11.5 Å². The molecule has 0 spiro atoms. The fourth-order valence-corrected chi connectivity index (χ4v) is 3.97. The van der Waals surface area contributed by atoms with Gasteiger partial charge in [0.15, 0.2) is 0 Å². The summed E-state index contributed by atoms with van der Waals surface area (Å²) in [7, 11) is 0. The van der Waals surface area contributed by atoms with Gasteiger partial charge in [-0.2, -0.15) is 0 Å². The van der Waals surface area contributed by atoms with Crippen molar-refractivity contribution in [3.63, 3.8) is 0 Å². The van der Waals surface area contributed by atoms with Gasteiger partial charge in [-0.3, -0.25) is 0 Å². The Hall–Kier alpha value is -1.90. The van der Waals surface area contributed by atoms with Crippen LogP contribution < -0.4 is 4.74 Å². The van der Waals surface area contributed by atoms with Gasteiger partial charge in [-0.15, -0.1) is 0 Å². The summed E-state index contributed by atoms with van der Waals surface area (Å²) in [4.78, 5) is 0. The molecule has 1 fully saturated rings. The zero-order valence-electron chi connectivity index (χ0n) is 15.5. The Labute approximate surface area is 155 Å². The molecule has 0 aliphatic heterocycles. The summed E-state index contributed by atoms with van der Waals surface area (Å²) < 4.78 is 32.1. The molecule has 3 heteroatoms. The van der Waals surface area contributed by atoms with E-state index in [9.17, 15) is 8.78 Å². The SMILES string of the molecule is CCCC[C@H]1CC[C@H](c2ccc(OCc3cc(F)cc(F)c3)cc2)CC1. The number of unbranched alkanes of at least 4 members (excludes halogenated alkanes) is 1. The van der Waals surface area contributed by atoms with E-state index < -0.39 is 11.6 Å². The van der Waals surface area contributed by atoms with Gasteiger partial charge in [0.25, 0.3) is 0 Å². The molecule has 2 aromatic rings. The molecule has 0 aromatic heterocycles. The van der Waals surface area contributed by atoms with E-state index in [4.69, 9.17) is 4.74 Å². The topological polar surface area (TPSA) is 9.23 Å². The highest BCUT2D eigenvalue weighted by Crippen LogP contribution is 2.38. The Morgan fingerprint density at radius 1 is 0.923 bits per heavy atom. The van der Waals surface area contributed by atoms with Crippen LogP contribution in [0.2, 0.25) is 0 Å². The monoisotopic (exact) mass is 358 g/mol. The fourth-order valence-electron chi connectivity index (χ4n) is 3.97. The molecule has 0 heterocycles. The van der Waals surface area contributed by atoms with Crippen LogP contribution in [0, 0.1) is 17.6 Å². The van der Waals surface area contributed by atoms with E-state index in [2.05, 4.69) is 19.1 Å². The second kappa shape index (κ2) is 9.16. The van der Waals surface area contributed by atoms with Crippen LogP contribution in [-0.2, 0) is 6.61 Å². The Balaban J connectivity index is 1.51. The molecule has 1 aliphatic rings. The van der Waals surface area contributed by atoms with Gasteiger partial charge in [0.05, 0.1) is 0 Å². The number of benzene rings is 2. The van der Waals surface area contributed by atoms with Gasteiger partial charge in [0.2, 0.25) is 0 Å². The minimum Gasteiger partial charge on any atom is -0.489 e. The predicted octanol–water partition coefficient (Wildman–Crippen LogP) is 7.01. The molecule has 0 amide bonds. The summed E-state index contributed by atoms with van der Waals surface area (Å²) in [6, 6.07) is 11.7. The largest absolute Gasteiger partial charge is 0.489 e. The van der Waals surface area contributed by atoms with Crippen molar-refractivity contribution in [3.8, 4) is 5.75 Å². The van der Waals surface area contributed by atoms with E-state index in [1.165, 1.54) is 62.6 Å². The van der Waals surface area contributed by atoms with Crippen LogP contribution >= 0.6 is 0 Å². The molecular weight excluding hydrogens is 330 g/mol. The van der Waals surface area contributed by atoms with Crippen LogP contribution in [0.25, 0.3) is 0 Å². The average molecular weight is 358 g/mol. The fraction of sp³-hybridized carbons (Fsp3) is 0.478. The van der Waals surface area contributed by atoms with Crippen LogP contribution in [0.15, 0.2) is 42.5 Å². The van der Waals surface area contributed by atoms with E-state index in [1.54, 1.807) is 0 Å². The third kappa shape index (κ3) is 5.30. The quantitative estimate of drug-likeness (QED) is 0.517. The Bertz CT molecular complexity index is 668. The first-order valence-electron chi connectivity index (χ1n) is 9.81. The zero-order chi connectivity index (χ0) is 18.4. The lowest BCUT2D eigenvalue weighted by molar-refractivity contribution is 0.300. The highest BCUT2D eigenvalue weighted by molar-refractivity contribution is 5.30. The summed E-state index contributed by atoms with van der Waals surface area (Å²) >= 11 is 0. The molecule has 1 aliphatic carbocycles. The maximum atomic E-state index is 13.2. The first-order chi connectivity index (χ1) is 12.6. The highest BCUT2D eigenvalue weighted by Gasteiger charge is 2.21. The Morgan fingerprint density at radius 3 is 2.19 bits per heavy atom. The lowest BCUT2D eigenvalue weighted by atomic mass is 9.77. The molecule has 0 atom stereocenters. The second-order valence-corrected chi connectivity index (χ2v) is 7.50. The molecule has 0 N–H and O–H groups in total. The number of hydrogen-bond acceptors (Lipinski definition) is 1. The van der Waals surface area contributed by atoms with Crippen molar-refractivity contribution in [2.24, 2.45) is 5.92 Å². The molecule has 26 heavy (non-hydrogen) atoms. The first kappa shape index (κ1) is 18.9. The molecule has 0 bridgehead atoms. The number of hydrogen-bond donors (Lipinski definition) is 0. The molecule has 1 nitrogen and oxygen atoms in total. The van der Waals surface area contributed by atoms with Gasteiger partial charge < -0.3 is 4.74 Å². The van der Waals surface area contributed by atoms with Gasteiger partial charge in [-0.05, 0) is 72.9 Å². The van der Waals surface area contributed by atoms with Crippen molar-refractivity contribution in [1.82, 2.24) is 0 Å². The molecular formula is C23H28F2O. The minimum atomic E-state index is -0.575. The van der Waals surface area contributed by atoms with Gasteiger partial charge in [0, 0.05) is 6.07 Å². The summed E-state index contributed by atoms with van der Waals surface area (Å²) in [5, 5.41) is 0. The molecule has 1 saturated carbocycles. The molecule has 3 rings (SSSR count). The van der Waals surface area contributed by atoms with E-state index in [0.717, 1.165) is 17.7 Å². The second-order valence-electron chi connectivity index (χ2n) is 7.50. The lowest BCUT2D eigenvalue weighted by Gasteiger charge is -2.28. The van der Waals surface area contributed by atoms with Gasteiger partial charge in [-0.1, -0.05) is 38.3 Å². The Kier molecular flexibility index (Phi) is 6.65. The summed E-state index contributed by atoms with van der Waals surface area (Å²) in [5.41, 5.74) is 1.88. The molecule has 140 valence electrons. The number of halogens is 2. The third-order valence-corrected chi connectivity index (χ3v) is 5.49. The molecule has 0 radical (unpaired) electrons. The summed E-state index contributed by atoms with van der Waals surface area (Å²) in [5.74, 6) is 1.15. The standard InChI is InChI=1S/C23H28F2O/c1-2-3-4-17-5-7-19(8-6-17)20-9-11-23(12-10-20)26-16-18-13-21(24)15-22(25)14-18/h9-15,17,19H,2-8,16H2,1H3/t17-,19-. The molecule has 0 saturated heterocycles. The van der Waals surface area contributed by atoms with Gasteiger partial charge >= 0.3 is 0 Å². The smallest absolute Gasteiger partial charge is 0.126 e. The van der Waals surface area contributed by atoms with Crippen molar-refractivity contribution < 1.29 is 13.5 Å². The zero-order valence-corrected chi connectivity index (χ0v) is 15.5. The highest BCUT2D eigenvalue weighted by atomic mass is 19.1. The third-order valence-electron chi connectivity index (χ3n) is 5.49. The van der Waals surface area contributed by atoms with Crippen molar-refractivity contribution in [3.05, 3.63) is 65.2 Å². The normalized spacial score (nSPS) is 20.1. The van der Waals surface area contributed by atoms with Crippen LogP contribution in [0.1, 0.15) is 68.9 Å². The average Bonchev–Trinajstić information content (AvgIpc) is 2.65. The van der Waals surface area contributed by atoms with Crippen LogP contribution in [-0.4, -0.2) is 0 Å². The molecule has 0 unspecified atom stereocenters. The van der Waals surface area contributed by atoms with Crippen LogP contribution in [0.3, 0.4) is 0 Å². The van der Waals surface area contributed by atoms with E-state index in [1.807, 2.05) is 12.1 Å². The van der Waals surface area contributed by atoms with Crippen molar-refractivity contribution >= 4 is 0 Å². The summed E-state index contributed by atoms with van der Waals surface area (Å²) in [6.45, 7) is 2.43. The maximum absolute atomic E-state index is 13.2. The van der Waals surface area contributed by atoms with Crippen LogP contribution in [0.5, 0.6) is 5.75 Å². The summed E-state index contributed by atoms with van der Waals surface area (Å²) in [6.07, 6.45) is 9.27. The van der Waals surface area contributed by atoms with Crippen molar-refractivity contribution in [2.75, 3.05) is 0 Å². The van der Waals surface area contributed by atoms with E-state index in [-0.39, 0.29) is 6.61 Å². The van der Waals surface area contributed by atoms with Crippen molar-refractivity contribution in [2.45, 2.75) is 64.4 Å². The number of rotatable bonds is 7. The lowest BCUT2D eigenvalue weighted by Crippen LogP contribution is -2.13. The van der Waals surface area contributed by atoms with Gasteiger partial charge in [-0.25, -0.2) is 8.78 Å². The molecule has 2 aromatic carbocycles. The van der Waals surface area contributed by atoms with E-state index >= 15 is 0 Å². The first-order valence-corrected chi connectivity index (χ1v) is 9.81. The van der Waals surface area contributed by atoms with Crippen molar-refractivity contribution in [1.29, 1.82) is 0 Å².